The summed E-state index contributed by atoms with van der Waals surface area (Å²) in [5, 5.41) is 2.41. The number of rotatable bonds is 3. The summed E-state index contributed by atoms with van der Waals surface area (Å²) in [7, 11) is 1.45. The third kappa shape index (κ3) is 5.50. The molecule has 1 saturated heterocycles. The van der Waals surface area contributed by atoms with E-state index in [-0.39, 0.29) is 57.3 Å². The molecule has 3 nitrogen and oxygen atoms in total. The number of carbonyl (C=O) groups excluding carboxylic acids is 1. The largest absolute Gasteiger partial charge is 1.00 e. The Labute approximate surface area is 136 Å². The van der Waals surface area contributed by atoms with Crippen LogP contribution in [0.25, 0.3) is 0 Å². The molecule has 88 valence electrons. The van der Waals surface area contributed by atoms with Gasteiger partial charge < -0.3 is 23.2 Å². The van der Waals surface area contributed by atoms with Crippen LogP contribution in [0.5, 0.6) is 0 Å². The van der Waals surface area contributed by atoms with E-state index in [0.29, 0.717) is 13.0 Å². The van der Waals surface area contributed by atoms with E-state index in [4.69, 9.17) is 0 Å². The zero-order valence-corrected chi connectivity index (χ0v) is 12.8. The van der Waals surface area contributed by atoms with Crippen molar-refractivity contribution in [3.8, 4) is 0 Å². The van der Waals surface area contributed by atoms with Crippen LogP contribution in [0.4, 0.5) is 12.9 Å². The SMILES string of the molecule is CNC(=O)C1CCCCN1C[B-](F)(F)F.[K+]. The Hall–Kier alpha value is 0.921. The van der Waals surface area contributed by atoms with Gasteiger partial charge >= 0.3 is 58.4 Å². The van der Waals surface area contributed by atoms with E-state index in [9.17, 15) is 17.7 Å². The number of nitrogens with one attached hydrogen (secondary N) is 1. The molecule has 0 radical (unpaired) electrons. The molecule has 0 bridgehead atoms. The third-order valence-electron chi connectivity index (χ3n) is 2.60. The Morgan fingerprint density at radius 3 is 2.56 bits per heavy atom. The summed E-state index contributed by atoms with van der Waals surface area (Å²) in [5.41, 5.74) is 0. The molecule has 1 unspecified atom stereocenters. The summed E-state index contributed by atoms with van der Waals surface area (Å²) >= 11 is 0. The number of amides is 1. The normalized spacial score (nSPS) is 22.4. The Bertz CT molecular complexity index is 240. The Kier molecular flexibility index (Phi) is 7.80. The smallest absolute Gasteiger partial charge is 0.448 e. The van der Waals surface area contributed by atoms with Gasteiger partial charge in [0.15, 0.2) is 0 Å². The van der Waals surface area contributed by atoms with Gasteiger partial charge in [-0.2, -0.15) is 0 Å². The van der Waals surface area contributed by atoms with Gasteiger partial charge in [0.25, 0.3) is 0 Å². The van der Waals surface area contributed by atoms with E-state index >= 15 is 0 Å². The first-order valence-corrected chi connectivity index (χ1v) is 5.10. The van der Waals surface area contributed by atoms with Crippen molar-refractivity contribution in [1.82, 2.24) is 10.2 Å². The summed E-state index contributed by atoms with van der Waals surface area (Å²) in [5.74, 6) is -0.310. The molecule has 1 aliphatic rings. The Balaban J connectivity index is 0.00000225. The van der Waals surface area contributed by atoms with E-state index in [1.54, 1.807) is 0 Å². The summed E-state index contributed by atoms with van der Waals surface area (Å²) < 4.78 is 36.8. The average Bonchev–Trinajstić information content (AvgIpc) is 2.15. The summed E-state index contributed by atoms with van der Waals surface area (Å²) in [6.07, 6.45) is 1.14. The van der Waals surface area contributed by atoms with Gasteiger partial charge in [-0.1, -0.05) is 6.42 Å². The maximum absolute atomic E-state index is 12.3. The number of likely N-dealkylation sites (N-methyl/N-ethyl adjacent to an activating group) is 1. The van der Waals surface area contributed by atoms with Crippen LogP contribution < -0.4 is 56.7 Å². The molecular weight excluding hydrogens is 247 g/mol. The van der Waals surface area contributed by atoms with Gasteiger partial charge in [0.05, 0.1) is 6.04 Å². The molecule has 0 aliphatic carbocycles. The zero-order chi connectivity index (χ0) is 11.5. The predicted octanol–water partition coefficient (Wildman–Crippen LogP) is -2.02. The van der Waals surface area contributed by atoms with Gasteiger partial charge in [-0.25, -0.2) is 0 Å². The number of halogens is 3. The van der Waals surface area contributed by atoms with Crippen LogP contribution >= 0.6 is 0 Å². The minimum Gasteiger partial charge on any atom is -0.448 e. The molecule has 1 amide bonds. The molecule has 0 aromatic rings. The van der Waals surface area contributed by atoms with Gasteiger partial charge in [-0.3, -0.25) is 4.79 Å². The first-order valence-electron chi connectivity index (χ1n) is 5.10. The fourth-order valence-corrected chi connectivity index (χ4v) is 1.94. The fraction of sp³-hybridized carbons (Fsp3) is 0.875. The van der Waals surface area contributed by atoms with Gasteiger partial charge in [-0.05, 0) is 25.8 Å². The Morgan fingerprint density at radius 2 is 2.06 bits per heavy atom. The maximum Gasteiger partial charge on any atom is 1.00 e. The van der Waals surface area contributed by atoms with Crippen molar-refractivity contribution in [3.05, 3.63) is 0 Å². The minimum absolute atomic E-state index is 0. The number of hydrogen-bond acceptors (Lipinski definition) is 2. The van der Waals surface area contributed by atoms with Crippen LogP contribution in [0, 0.1) is 0 Å². The molecule has 0 spiro atoms. The van der Waals surface area contributed by atoms with E-state index in [2.05, 4.69) is 5.32 Å². The predicted molar refractivity (Wildman–Crippen MR) is 52.4 cm³/mol. The van der Waals surface area contributed by atoms with Crippen LogP contribution in [0.1, 0.15) is 19.3 Å². The maximum atomic E-state index is 12.3. The van der Waals surface area contributed by atoms with Crippen molar-refractivity contribution >= 4 is 12.9 Å². The second-order valence-electron chi connectivity index (χ2n) is 3.83. The molecule has 1 heterocycles. The molecule has 0 saturated carbocycles. The monoisotopic (exact) mass is 262 g/mol. The molecule has 0 aromatic carbocycles. The standard InChI is InChI=1S/C8H15BF3N2O.K/c1-13-8(15)7-4-2-3-5-14(7)6-9(10,11)12;/h7H,2-6H2,1H3,(H,13,15);/q-1;+1. The van der Waals surface area contributed by atoms with Crippen LogP contribution in [0.2, 0.25) is 0 Å². The molecule has 1 rings (SSSR count). The molecule has 1 aliphatic heterocycles. The number of hydrogen-bond donors (Lipinski definition) is 1. The third-order valence-corrected chi connectivity index (χ3v) is 2.60. The number of piperidine rings is 1. The van der Waals surface area contributed by atoms with Crippen molar-refractivity contribution in [2.45, 2.75) is 25.3 Å². The topological polar surface area (TPSA) is 32.3 Å². The Morgan fingerprint density at radius 1 is 1.44 bits per heavy atom. The van der Waals surface area contributed by atoms with Crippen molar-refractivity contribution < 1.29 is 69.1 Å². The van der Waals surface area contributed by atoms with Gasteiger partial charge in [0, 0.05) is 7.05 Å². The van der Waals surface area contributed by atoms with Crippen LogP contribution in [0.3, 0.4) is 0 Å². The quantitative estimate of drug-likeness (QED) is 0.595. The molecule has 1 N–H and O–H groups in total. The zero-order valence-electron chi connectivity index (χ0n) is 9.68. The van der Waals surface area contributed by atoms with E-state index in [0.717, 1.165) is 12.8 Å². The van der Waals surface area contributed by atoms with Crippen molar-refractivity contribution in [1.29, 1.82) is 0 Å². The van der Waals surface area contributed by atoms with E-state index in [1.165, 1.54) is 11.9 Å². The minimum atomic E-state index is -4.85. The van der Waals surface area contributed by atoms with Crippen molar-refractivity contribution in [2.75, 3.05) is 20.0 Å². The first kappa shape index (κ1) is 16.9. The first-order chi connectivity index (χ1) is 6.94. The molecule has 0 aromatic heterocycles. The van der Waals surface area contributed by atoms with E-state index < -0.39 is 19.5 Å². The summed E-state index contributed by atoms with van der Waals surface area (Å²) in [6.45, 7) is -4.49. The molecular formula is C8H15BF3KN2O. The van der Waals surface area contributed by atoms with E-state index in [1.807, 2.05) is 0 Å². The summed E-state index contributed by atoms with van der Waals surface area (Å²) in [6, 6.07) is -0.604. The average molecular weight is 262 g/mol. The van der Waals surface area contributed by atoms with Gasteiger partial charge in [0.1, 0.15) is 0 Å². The van der Waals surface area contributed by atoms with Crippen molar-refractivity contribution in [2.24, 2.45) is 0 Å². The van der Waals surface area contributed by atoms with Crippen LogP contribution in [-0.4, -0.2) is 43.9 Å². The van der Waals surface area contributed by atoms with Crippen LogP contribution in [0.15, 0.2) is 0 Å². The van der Waals surface area contributed by atoms with Gasteiger partial charge in [-0.15, -0.1) is 0 Å². The fourth-order valence-electron chi connectivity index (χ4n) is 1.94. The van der Waals surface area contributed by atoms with Crippen molar-refractivity contribution in [3.63, 3.8) is 0 Å². The second-order valence-corrected chi connectivity index (χ2v) is 3.83. The summed E-state index contributed by atoms with van der Waals surface area (Å²) in [4.78, 5) is 12.6. The number of likely N-dealkylation sites (tertiary alicyclic amines) is 1. The molecule has 16 heavy (non-hydrogen) atoms. The molecule has 1 atom stereocenters. The second kappa shape index (κ2) is 7.38. The van der Waals surface area contributed by atoms with Gasteiger partial charge in [0.2, 0.25) is 5.91 Å². The number of carbonyl (C=O) groups is 1. The molecule has 1 fully saturated rings. The van der Waals surface area contributed by atoms with Crippen LogP contribution in [-0.2, 0) is 4.79 Å². The number of nitrogens with zero attached hydrogens (tertiary/aromatic N) is 1. The molecule has 8 heteroatoms.